The molecule has 1 aliphatic rings. The minimum absolute atomic E-state index is 0.0437. The van der Waals surface area contributed by atoms with Gasteiger partial charge in [-0.15, -0.1) is 5.92 Å². The van der Waals surface area contributed by atoms with Gasteiger partial charge in [-0.1, -0.05) is 30.2 Å². The van der Waals surface area contributed by atoms with Crippen molar-refractivity contribution in [3.05, 3.63) is 83.2 Å². The van der Waals surface area contributed by atoms with E-state index in [-0.39, 0.29) is 18.2 Å². The lowest BCUT2D eigenvalue weighted by molar-refractivity contribution is -0.137. The summed E-state index contributed by atoms with van der Waals surface area (Å²) in [5.74, 6) is 5.99. The van der Waals surface area contributed by atoms with Gasteiger partial charge in [0.15, 0.2) is 0 Å². The van der Waals surface area contributed by atoms with Gasteiger partial charge in [-0.2, -0.15) is 0 Å². The molecule has 0 unspecified atom stereocenters. The van der Waals surface area contributed by atoms with Crippen molar-refractivity contribution in [3.63, 3.8) is 0 Å². The van der Waals surface area contributed by atoms with Gasteiger partial charge in [0.05, 0.1) is 19.4 Å². The second kappa shape index (κ2) is 10.4. The molecule has 1 atom stereocenters. The van der Waals surface area contributed by atoms with Crippen LogP contribution in [0, 0.1) is 17.7 Å². The van der Waals surface area contributed by atoms with Crippen LogP contribution in [0.15, 0.2) is 60.7 Å². The molecule has 0 aliphatic heterocycles. The number of carboxylic acid groups (broad SMARTS) is 1. The van der Waals surface area contributed by atoms with Crippen LogP contribution in [-0.2, 0) is 11.4 Å². The van der Waals surface area contributed by atoms with Gasteiger partial charge >= 0.3 is 5.97 Å². The lowest BCUT2D eigenvalue weighted by Gasteiger charge is -2.15. The third-order valence-corrected chi connectivity index (χ3v) is 5.98. The van der Waals surface area contributed by atoms with E-state index in [9.17, 15) is 9.18 Å². The summed E-state index contributed by atoms with van der Waals surface area (Å²) < 4.78 is 26.0. The summed E-state index contributed by atoms with van der Waals surface area (Å²) in [7, 11) is 1.58. The molecule has 0 amide bonds. The van der Waals surface area contributed by atoms with Gasteiger partial charge in [0.1, 0.15) is 23.9 Å². The van der Waals surface area contributed by atoms with E-state index in [1.165, 1.54) is 6.07 Å². The molecule has 4 rings (SSSR count). The van der Waals surface area contributed by atoms with Crippen LogP contribution in [0.3, 0.4) is 0 Å². The molecule has 0 spiro atoms. The third-order valence-electron chi connectivity index (χ3n) is 5.98. The Kier molecular flexibility index (Phi) is 7.18. The normalized spacial score (nSPS) is 13.5. The number of hydrogen-bond donors (Lipinski definition) is 1. The topological polar surface area (TPSA) is 55.8 Å². The van der Waals surface area contributed by atoms with E-state index in [0.717, 1.165) is 35.1 Å². The van der Waals surface area contributed by atoms with Crippen LogP contribution >= 0.6 is 0 Å². The highest BCUT2D eigenvalue weighted by atomic mass is 19.1. The molecule has 0 saturated heterocycles. The number of halogens is 1. The summed E-state index contributed by atoms with van der Waals surface area (Å²) >= 11 is 0. The van der Waals surface area contributed by atoms with Crippen LogP contribution in [0.1, 0.15) is 54.7 Å². The minimum Gasteiger partial charge on any atom is -0.497 e. The fraction of sp³-hybridized carbons (Fsp3) is 0.276. The van der Waals surface area contributed by atoms with Crippen molar-refractivity contribution in [2.24, 2.45) is 0 Å². The summed E-state index contributed by atoms with van der Waals surface area (Å²) in [6, 6.07) is 18.3. The number of benzene rings is 3. The van der Waals surface area contributed by atoms with Gasteiger partial charge in [-0.05, 0) is 84.3 Å². The van der Waals surface area contributed by atoms with Crippen molar-refractivity contribution in [1.29, 1.82) is 0 Å². The lowest BCUT2D eigenvalue weighted by Crippen LogP contribution is -2.04. The average Bonchev–Trinajstić information content (AvgIpc) is 3.68. The van der Waals surface area contributed by atoms with E-state index < -0.39 is 5.97 Å². The SMILES string of the molecule is CC#C[C@H](CC(=O)O)c1ccc(OCc2ccc(C3CC3)c(-c3cc(OC)ccc3F)c2)cc1. The maximum absolute atomic E-state index is 14.7. The number of hydrogen-bond acceptors (Lipinski definition) is 3. The van der Waals surface area contributed by atoms with Gasteiger partial charge < -0.3 is 14.6 Å². The molecule has 3 aromatic rings. The van der Waals surface area contributed by atoms with E-state index in [1.54, 1.807) is 26.2 Å². The second-order valence-corrected chi connectivity index (χ2v) is 8.44. The number of carbonyl (C=O) groups is 1. The first-order valence-electron chi connectivity index (χ1n) is 11.3. The molecule has 0 heterocycles. The highest BCUT2D eigenvalue weighted by Crippen LogP contribution is 2.45. The Labute approximate surface area is 199 Å². The van der Waals surface area contributed by atoms with Gasteiger partial charge in [0.2, 0.25) is 0 Å². The summed E-state index contributed by atoms with van der Waals surface area (Å²) in [4.78, 5) is 11.1. The van der Waals surface area contributed by atoms with Gasteiger partial charge in [-0.25, -0.2) is 4.39 Å². The van der Waals surface area contributed by atoms with Gasteiger partial charge in [0.25, 0.3) is 0 Å². The number of aliphatic carboxylic acids is 1. The zero-order valence-electron chi connectivity index (χ0n) is 19.3. The third kappa shape index (κ3) is 5.58. The van der Waals surface area contributed by atoms with Crippen molar-refractivity contribution >= 4 is 5.97 Å². The molecular formula is C29H27FO4. The van der Waals surface area contributed by atoms with Gasteiger partial charge in [-0.3, -0.25) is 4.79 Å². The zero-order chi connectivity index (χ0) is 24.1. The highest BCUT2D eigenvalue weighted by Gasteiger charge is 2.27. The van der Waals surface area contributed by atoms with Crippen molar-refractivity contribution in [2.75, 3.05) is 7.11 Å². The molecular weight excluding hydrogens is 431 g/mol. The molecule has 0 bridgehead atoms. The number of rotatable bonds is 9. The van der Waals surface area contributed by atoms with E-state index in [0.29, 0.717) is 29.6 Å². The minimum atomic E-state index is -0.883. The lowest BCUT2D eigenvalue weighted by atomic mass is 9.94. The molecule has 174 valence electrons. The zero-order valence-corrected chi connectivity index (χ0v) is 19.3. The first-order valence-corrected chi connectivity index (χ1v) is 11.3. The quantitative estimate of drug-likeness (QED) is 0.370. The van der Waals surface area contributed by atoms with E-state index in [4.69, 9.17) is 14.6 Å². The van der Waals surface area contributed by atoms with Gasteiger partial charge in [0, 0.05) is 5.56 Å². The Bertz CT molecular complexity index is 1230. The fourth-order valence-electron chi connectivity index (χ4n) is 4.08. The Balaban J connectivity index is 1.53. The van der Waals surface area contributed by atoms with Crippen LogP contribution in [0.4, 0.5) is 4.39 Å². The van der Waals surface area contributed by atoms with Crippen molar-refractivity contribution < 1.29 is 23.8 Å². The first kappa shape index (κ1) is 23.4. The maximum atomic E-state index is 14.7. The van der Waals surface area contributed by atoms with Crippen LogP contribution in [-0.4, -0.2) is 18.2 Å². The molecule has 1 saturated carbocycles. The Morgan fingerprint density at radius 2 is 1.79 bits per heavy atom. The van der Waals surface area contributed by atoms with E-state index in [1.807, 2.05) is 36.4 Å². The van der Waals surface area contributed by atoms with Crippen LogP contribution < -0.4 is 9.47 Å². The summed E-state index contributed by atoms with van der Waals surface area (Å²) in [6.45, 7) is 2.03. The average molecular weight is 459 g/mol. The van der Waals surface area contributed by atoms with Crippen molar-refractivity contribution in [3.8, 4) is 34.5 Å². The van der Waals surface area contributed by atoms with Crippen LogP contribution in [0.25, 0.3) is 11.1 Å². The Morgan fingerprint density at radius 1 is 1.06 bits per heavy atom. The first-order chi connectivity index (χ1) is 16.5. The summed E-state index contributed by atoms with van der Waals surface area (Å²) in [5.41, 5.74) is 4.35. The summed E-state index contributed by atoms with van der Waals surface area (Å²) in [5, 5.41) is 9.12. The van der Waals surface area contributed by atoms with Crippen LogP contribution in [0.2, 0.25) is 0 Å². The van der Waals surface area contributed by atoms with Crippen LogP contribution in [0.5, 0.6) is 11.5 Å². The standard InChI is InChI=1S/C29H27FO4/c1-3-4-22(16-29(31)32)20-8-10-23(11-9-20)34-18-19-5-13-25(21-6-7-21)26(15-19)27-17-24(33-2)12-14-28(27)30/h5,8-15,17,21-22H,6-7,16,18H2,1-2H3,(H,31,32)/t22-/m1/s1. The maximum Gasteiger partial charge on any atom is 0.304 e. The van der Waals surface area contributed by atoms with Crippen molar-refractivity contribution in [1.82, 2.24) is 0 Å². The molecule has 1 N–H and O–H groups in total. The molecule has 3 aromatic carbocycles. The Hall–Kier alpha value is -3.78. The molecule has 1 fully saturated rings. The van der Waals surface area contributed by atoms with Crippen molar-refractivity contribution in [2.45, 2.75) is 44.6 Å². The number of carboxylic acids is 1. The van der Waals surface area contributed by atoms with E-state index >= 15 is 0 Å². The number of ether oxygens (including phenoxy) is 2. The molecule has 1 aliphatic carbocycles. The Morgan fingerprint density at radius 3 is 2.44 bits per heavy atom. The number of methoxy groups -OCH3 is 1. The largest absolute Gasteiger partial charge is 0.497 e. The predicted molar refractivity (Wildman–Crippen MR) is 130 cm³/mol. The molecule has 0 aromatic heterocycles. The second-order valence-electron chi connectivity index (χ2n) is 8.44. The predicted octanol–water partition coefficient (Wildman–Crippen LogP) is 6.54. The van der Waals surface area contributed by atoms with E-state index in [2.05, 4.69) is 17.9 Å². The molecule has 34 heavy (non-hydrogen) atoms. The highest BCUT2D eigenvalue weighted by molar-refractivity contribution is 5.71. The molecule has 4 nitrogen and oxygen atoms in total. The fourth-order valence-corrected chi connectivity index (χ4v) is 4.08. The molecule has 5 heteroatoms. The smallest absolute Gasteiger partial charge is 0.304 e. The summed E-state index contributed by atoms with van der Waals surface area (Å²) in [6.07, 6.45) is 2.19. The molecule has 0 radical (unpaired) electrons. The monoisotopic (exact) mass is 458 g/mol.